The van der Waals surface area contributed by atoms with Crippen molar-refractivity contribution in [3.05, 3.63) is 34.3 Å². The zero-order chi connectivity index (χ0) is 10.6. The summed E-state index contributed by atoms with van der Waals surface area (Å²) in [7, 11) is 0. The SMILES string of the molecule is CCC(Cc1ccc(Br)cc1)C(C)N. The third-order valence-corrected chi connectivity index (χ3v) is 3.21. The van der Waals surface area contributed by atoms with Crippen LogP contribution in [0.2, 0.25) is 0 Å². The minimum Gasteiger partial charge on any atom is -0.328 e. The third-order valence-electron chi connectivity index (χ3n) is 2.68. The van der Waals surface area contributed by atoms with Crippen LogP contribution in [0, 0.1) is 5.92 Å². The molecule has 1 aromatic rings. The topological polar surface area (TPSA) is 26.0 Å². The van der Waals surface area contributed by atoms with Crippen LogP contribution in [-0.2, 0) is 6.42 Å². The lowest BCUT2D eigenvalue weighted by Gasteiger charge is -2.18. The normalized spacial score (nSPS) is 15.1. The summed E-state index contributed by atoms with van der Waals surface area (Å²) in [5.41, 5.74) is 7.29. The fourth-order valence-corrected chi connectivity index (χ4v) is 1.89. The minimum absolute atomic E-state index is 0.281. The van der Waals surface area contributed by atoms with Gasteiger partial charge >= 0.3 is 0 Å². The second-order valence-corrected chi connectivity index (χ2v) is 4.77. The molecular weight excluding hydrogens is 238 g/mol. The van der Waals surface area contributed by atoms with Crippen molar-refractivity contribution in [2.24, 2.45) is 11.7 Å². The zero-order valence-corrected chi connectivity index (χ0v) is 10.4. The molecule has 0 aromatic heterocycles. The van der Waals surface area contributed by atoms with Crippen LogP contribution in [0.25, 0.3) is 0 Å². The number of hydrogen-bond donors (Lipinski definition) is 1. The predicted octanol–water partition coefficient (Wildman–Crippen LogP) is 3.37. The highest BCUT2D eigenvalue weighted by molar-refractivity contribution is 9.10. The van der Waals surface area contributed by atoms with E-state index in [4.69, 9.17) is 5.73 Å². The van der Waals surface area contributed by atoms with E-state index < -0.39 is 0 Å². The zero-order valence-electron chi connectivity index (χ0n) is 8.83. The molecule has 2 atom stereocenters. The van der Waals surface area contributed by atoms with E-state index in [1.165, 1.54) is 5.56 Å². The first-order valence-electron chi connectivity index (χ1n) is 5.13. The van der Waals surface area contributed by atoms with E-state index in [0.717, 1.165) is 17.3 Å². The Morgan fingerprint density at radius 2 is 1.86 bits per heavy atom. The van der Waals surface area contributed by atoms with Gasteiger partial charge in [-0.25, -0.2) is 0 Å². The van der Waals surface area contributed by atoms with Gasteiger partial charge in [-0.3, -0.25) is 0 Å². The molecule has 2 heteroatoms. The number of hydrogen-bond acceptors (Lipinski definition) is 1. The molecule has 0 spiro atoms. The molecule has 0 aliphatic rings. The van der Waals surface area contributed by atoms with Crippen LogP contribution in [0.5, 0.6) is 0 Å². The Hall–Kier alpha value is -0.340. The maximum absolute atomic E-state index is 5.92. The van der Waals surface area contributed by atoms with E-state index in [-0.39, 0.29) is 6.04 Å². The molecule has 1 aromatic carbocycles. The van der Waals surface area contributed by atoms with Gasteiger partial charge < -0.3 is 5.73 Å². The van der Waals surface area contributed by atoms with Crippen LogP contribution in [0.1, 0.15) is 25.8 Å². The molecule has 0 heterocycles. The molecule has 0 aliphatic heterocycles. The first kappa shape index (κ1) is 11.7. The number of nitrogens with two attached hydrogens (primary N) is 1. The highest BCUT2D eigenvalue weighted by atomic mass is 79.9. The van der Waals surface area contributed by atoms with E-state index in [1.807, 2.05) is 0 Å². The Morgan fingerprint density at radius 3 is 2.29 bits per heavy atom. The van der Waals surface area contributed by atoms with E-state index in [1.54, 1.807) is 0 Å². The summed E-state index contributed by atoms with van der Waals surface area (Å²) in [4.78, 5) is 0. The van der Waals surface area contributed by atoms with Gasteiger partial charge in [-0.1, -0.05) is 41.4 Å². The van der Waals surface area contributed by atoms with Crippen LogP contribution < -0.4 is 5.73 Å². The van der Waals surface area contributed by atoms with Crippen LogP contribution >= 0.6 is 15.9 Å². The van der Waals surface area contributed by atoms with E-state index in [9.17, 15) is 0 Å². The molecule has 1 nitrogen and oxygen atoms in total. The molecular formula is C12H18BrN. The van der Waals surface area contributed by atoms with Gasteiger partial charge in [-0.05, 0) is 37.0 Å². The van der Waals surface area contributed by atoms with Gasteiger partial charge in [0.25, 0.3) is 0 Å². The van der Waals surface area contributed by atoms with Gasteiger partial charge in [0.2, 0.25) is 0 Å². The van der Waals surface area contributed by atoms with Gasteiger partial charge in [0.15, 0.2) is 0 Å². The molecule has 0 bridgehead atoms. The van der Waals surface area contributed by atoms with E-state index in [0.29, 0.717) is 5.92 Å². The van der Waals surface area contributed by atoms with Gasteiger partial charge in [0.1, 0.15) is 0 Å². The molecule has 0 fully saturated rings. The lowest BCUT2D eigenvalue weighted by atomic mass is 9.91. The molecule has 0 aliphatic carbocycles. The lowest BCUT2D eigenvalue weighted by molar-refractivity contribution is 0.428. The average molecular weight is 256 g/mol. The highest BCUT2D eigenvalue weighted by Crippen LogP contribution is 2.17. The Bertz CT molecular complexity index is 266. The third kappa shape index (κ3) is 3.43. The first-order valence-corrected chi connectivity index (χ1v) is 5.92. The van der Waals surface area contributed by atoms with Gasteiger partial charge in [0.05, 0.1) is 0 Å². The minimum atomic E-state index is 0.281. The van der Waals surface area contributed by atoms with Crippen molar-refractivity contribution in [3.8, 4) is 0 Å². The monoisotopic (exact) mass is 255 g/mol. The Labute approximate surface area is 94.8 Å². The molecule has 78 valence electrons. The summed E-state index contributed by atoms with van der Waals surface area (Å²) in [6.07, 6.45) is 2.23. The fourth-order valence-electron chi connectivity index (χ4n) is 1.63. The van der Waals surface area contributed by atoms with Crippen LogP contribution in [0.4, 0.5) is 0 Å². The molecule has 0 saturated carbocycles. The quantitative estimate of drug-likeness (QED) is 0.878. The van der Waals surface area contributed by atoms with Crippen molar-refractivity contribution in [1.82, 2.24) is 0 Å². The average Bonchev–Trinajstić information content (AvgIpc) is 2.16. The summed E-state index contributed by atoms with van der Waals surface area (Å²) in [5.74, 6) is 0.594. The second-order valence-electron chi connectivity index (χ2n) is 3.86. The maximum Gasteiger partial charge on any atom is 0.0175 e. The smallest absolute Gasteiger partial charge is 0.0175 e. The van der Waals surface area contributed by atoms with Crippen molar-refractivity contribution >= 4 is 15.9 Å². The standard InChI is InChI=1S/C12H18BrN/c1-3-11(9(2)14)8-10-4-6-12(13)7-5-10/h4-7,9,11H,3,8,14H2,1-2H3. The van der Waals surface area contributed by atoms with Crippen molar-refractivity contribution < 1.29 is 0 Å². The van der Waals surface area contributed by atoms with E-state index in [2.05, 4.69) is 54.0 Å². The largest absolute Gasteiger partial charge is 0.328 e. The number of benzene rings is 1. The van der Waals surface area contributed by atoms with Crippen molar-refractivity contribution in [1.29, 1.82) is 0 Å². The van der Waals surface area contributed by atoms with Gasteiger partial charge in [-0.15, -0.1) is 0 Å². The fraction of sp³-hybridized carbons (Fsp3) is 0.500. The highest BCUT2D eigenvalue weighted by Gasteiger charge is 2.11. The van der Waals surface area contributed by atoms with Crippen LogP contribution in [-0.4, -0.2) is 6.04 Å². The van der Waals surface area contributed by atoms with Gasteiger partial charge in [-0.2, -0.15) is 0 Å². The molecule has 14 heavy (non-hydrogen) atoms. The summed E-state index contributed by atoms with van der Waals surface area (Å²) in [6.45, 7) is 4.29. The maximum atomic E-state index is 5.92. The molecule has 2 unspecified atom stereocenters. The van der Waals surface area contributed by atoms with Gasteiger partial charge in [0, 0.05) is 10.5 Å². The summed E-state index contributed by atoms with van der Waals surface area (Å²) in [5, 5.41) is 0. The Kier molecular flexibility index (Phi) is 4.63. The summed E-state index contributed by atoms with van der Waals surface area (Å²) < 4.78 is 1.13. The summed E-state index contributed by atoms with van der Waals surface area (Å²) >= 11 is 3.43. The summed E-state index contributed by atoms with van der Waals surface area (Å²) in [6, 6.07) is 8.78. The molecule has 1 rings (SSSR count). The molecule has 2 N–H and O–H groups in total. The lowest BCUT2D eigenvalue weighted by Crippen LogP contribution is -2.27. The van der Waals surface area contributed by atoms with Crippen LogP contribution in [0.15, 0.2) is 28.7 Å². The Morgan fingerprint density at radius 1 is 1.29 bits per heavy atom. The second kappa shape index (κ2) is 5.52. The van der Waals surface area contributed by atoms with Crippen molar-refractivity contribution in [3.63, 3.8) is 0 Å². The van der Waals surface area contributed by atoms with Crippen LogP contribution in [0.3, 0.4) is 0 Å². The number of rotatable bonds is 4. The molecule has 0 radical (unpaired) electrons. The number of halogens is 1. The van der Waals surface area contributed by atoms with Crippen molar-refractivity contribution in [2.75, 3.05) is 0 Å². The van der Waals surface area contributed by atoms with Crippen molar-refractivity contribution in [2.45, 2.75) is 32.7 Å². The predicted molar refractivity (Wildman–Crippen MR) is 65.3 cm³/mol. The first-order chi connectivity index (χ1) is 6.63. The molecule has 0 amide bonds. The van der Waals surface area contributed by atoms with E-state index >= 15 is 0 Å². The molecule has 0 saturated heterocycles. The Balaban J connectivity index is 2.63.